The van der Waals surface area contributed by atoms with Gasteiger partial charge in [0, 0.05) is 36.8 Å². The summed E-state index contributed by atoms with van der Waals surface area (Å²) in [6.07, 6.45) is 3.32. The third-order valence-electron chi connectivity index (χ3n) is 4.28. The van der Waals surface area contributed by atoms with Crippen molar-refractivity contribution in [1.82, 2.24) is 14.7 Å². The molecule has 1 fully saturated rings. The van der Waals surface area contributed by atoms with Gasteiger partial charge in [0.05, 0.1) is 6.61 Å². The average molecular weight is 249 g/mol. The Balaban J connectivity index is 2.06. The van der Waals surface area contributed by atoms with E-state index in [2.05, 4.69) is 17.0 Å². The van der Waals surface area contributed by atoms with Gasteiger partial charge >= 0.3 is 5.97 Å². The molecule has 0 aliphatic carbocycles. The number of aromatic nitrogens is 2. The molecule has 0 saturated carbocycles. The van der Waals surface area contributed by atoms with E-state index in [1.54, 1.807) is 0 Å². The van der Waals surface area contributed by atoms with Crippen LogP contribution in [0.25, 0.3) is 0 Å². The largest absolute Gasteiger partial charge is 0.461 e. The summed E-state index contributed by atoms with van der Waals surface area (Å²) < 4.78 is 6.98. The molecule has 2 aliphatic rings. The van der Waals surface area contributed by atoms with Gasteiger partial charge in [0.2, 0.25) is 0 Å². The van der Waals surface area contributed by atoms with Crippen LogP contribution in [-0.2, 0) is 18.2 Å². The van der Waals surface area contributed by atoms with E-state index < -0.39 is 0 Å². The van der Waals surface area contributed by atoms with Gasteiger partial charge in [-0.15, -0.1) is 0 Å². The van der Waals surface area contributed by atoms with Crippen molar-refractivity contribution in [2.24, 2.45) is 7.05 Å². The minimum absolute atomic E-state index is 0.284. The number of hydrogen-bond donors (Lipinski definition) is 0. The van der Waals surface area contributed by atoms with E-state index in [9.17, 15) is 4.79 Å². The molecular formula is C13H19N3O2. The molecule has 2 bridgehead atoms. The SMILES string of the molecule is CCOC(=O)c1nn(C)c2c1C1CCC(C2)N1C. The van der Waals surface area contributed by atoms with Gasteiger partial charge in [0.25, 0.3) is 0 Å². The number of fused-ring (bicyclic) bond motifs is 4. The van der Waals surface area contributed by atoms with E-state index in [1.165, 1.54) is 12.1 Å². The minimum Gasteiger partial charge on any atom is -0.461 e. The van der Waals surface area contributed by atoms with E-state index in [0.29, 0.717) is 24.4 Å². The monoisotopic (exact) mass is 249 g/mol. The zero-order valence-corrected chi connectivity index (χ0v) is 11.1. The zero-order chi connectivity index (χ0) is 12.9. The van der Waals surface area contributed by atoms with Crippen LogP contribution in [0.3, 0.4) is 0 Å². The fourth-order valence-electron chi connectivity index (χ4n) is 3.35. The molecule has 0 N–H and O–H groups in total. The summed E-state index contributed by atoms with van der Waals surface area (Å²) in [6.45, 7) is 2.22. The summed E-state index contributed by atoms with van der Waals surface area (Å²) in [4.78, 5) is 14.4. The molecule has 98 valence electrons. The smallest absolute Gasteiger partial charge is 0.359 e. The Bertz CT molecular complexity index is 495. The van der Waals surface area contributed by atoms with Crippen molar-refractivity contribution < 1.29 is 9.53 Å². The molecule has 2 unspecified atom stereocenters. The molecule has 3 heterocycles. The molecule has 18 heavy (non-hydrogen) atoms. The lowest BCUT2D eigenvalue weighted by Crippen LogP contribution is -2.35. The van der Waals surface area contributed by atoms with Crippen LogP contribution < -0.4 is 0 Å². The highest BCUT2D eigenvalue weighted by atomic mass is 16.5. The van der Waals surface area contributed by atoms with E-state index in [4.69, 9.17) is 4.74 Å². The molecule has 1 aromatic rings. The van der Waals surface area contributed by atoms with Gasteiger partial charge < -0.3 is 4.74 Å². The maximum atomic E-state index is 12.0. The topological polar surface area (TPSA) is 47.4 Å². The molecule has 0 spiro atoms. The van der Waals surface area contributed by atoms with Crippen molar-refractivity contribution in [1.29, 1.82) is 0 Å². The van der Waals surface area contributed by atoms with E-state index in [0.717, 1.165) is 18.4 Å². The van der Waals surface area contributed by atoms with Gasteiger partial charge in [-0.05, 0) is 26.8 Å². The lowest BCUT2D eigenvalue weighted by Gasteiger charge is -2.31. The lowest BCUT2D eigenvalue weighted by molar-refractivity contribution is 0.0514. The van der Waals surface area contributed by atoms with Crippen LogP contribution in [0.5, 0.6) is 0 Å². The molecule has 2 atom stereocenters. The highest BCUT2D eigenvalue weighted by molar-refractivity contribution is 5.89. The van der Waals surface area contributed by atoms with Crippen LogP contribution in [0.1, 0.15) is 47.6 Å². The number of carbonyl (C=O) groups is 1. The molecular weight excluding hydrogens is 230 g/mol. The molecule has 0 amide bonds. The number of aryl methyl sites for hydroxylation is 1. The summed E-state index contributed by atoms with van der Waals surface area (Å²) in [5.74, 6) is -0.284. The Kier molecular flexibility index (Phi) is 2.66. The maximum Gasteiger partial charge on any atom is 0.359 e. The standard InChI is InChI=1S/C13H19N3O2/c1-4-18-13(17)12-11-9-6-5-8(15(9)2)7-10(11)16(3)14-12/h8-9H,4-7H2,1-3H3. The Hall–Kier alpha value is -1.36. The first kappa shape index (κ1) is 11.7. The number of hydrogen-bond acceptors (Lipinski definition) is 4. The Morgan fingerprint density at radius 1 is 1.44 bits per heavy atom. The first-order valence-electron chi connectivity index (χ1n) is 6.58. The molecule has 2 aliphatic heterocycles. The Morgan fingerprint density at radius 3 is 2.94 bits per heavy atom. The van der Waals surface area contributed by atoms with Crippen molar-refractivity contribution in [2.75, 3.05) is 13.7 Å². The third-order valence-corrected chi connectivity index (χ3v) is 4.28. The number of nitrogens with zero attached hydrogens (tertiary/aromatic N) is 3. The second-order valence-electron chi connectivity index (χ2n) is 5.17. The van der Waals surface area contributed by atoms with Gasteiger partial charge in [0.1, 0.15) is 0 Å². The minimum atomic E-state index is -0.284. The number of likely N-dealkylation sites (N-methyl/N-ethyl adjacent to an activating group) is 1. The predicted molar refractivity (Wildman–Crippen MR) is 66.4 cm³/mol. The second-order valence-corrected chi connectivity index (χ2v) is 5.17. The molecule has 3 rings (SSSR count). The number of ether oxygens (including phenoxy) is 1. The van der Waals surface area contributed by atoms with Crippen LogP contribution in [-0.4, -0.2) is 40.3 Å². The van der Waals surface area contributed by atoms with Crippen LogP contribution in [0.4, 0.5) is 0 Å². The first-order valence-corrected chi connectivity index (χ1v) is 6.58. The first-order chi connectivity index (χ1) is 8.63. The Morgan fingerprint density at radius 2 is 2.22 bits per heavy atom. The van der Waals surface area contributed by atoms with Crippen LogP contribution in [0, 0.1) is 0 Å². The van der Waals surface area contributed by atoms with Crippen molar-refractivity contribution in [3.63, 3.8) is 0 Å². The van der Waals surface area contributed by atoms with Gasteiger partial charge in [0.15, 0.2) is 5.69 Å². The van der Waals surface area contributed by atoms with Crippen molar-refractivity contribution >= 4 is 5.97 Å². The highest BCUT2D eigenvalue weighted by Gasteiger charge is 2.42. The fourth-order valence-corrected chi connectivity index (χ4v) is 3.35. The van der Waals surface area contributed by atoms with E-state index in [1.807, 2.05) is 18.7 Å². The van der Waals surface area contributed by atoms with Crippen molar-refractivity contribution in [3.05, 3.63) is 17.0 Å². The summed E-state index contributed by atoms with van der Waals surface area (Å²) >= 11 is 0. The molecule has 5 heteroatoms. The van der Waals surface area contributed by atoms with Gasteiger partial charge in [-0.25, -0.2) is 4.79 Å². The van der Waals surface area contributed by atoms with Gasteiger partial charge in [-0.1, -0.05) is 0 Å². The second kappa shape index (κ2) is 4.09. The molecule has 0 radical (unpaired) electrons. The van der Waals surface area contributed by atoms with Crippen LogP contribution >= 0.6 is 0 Å². The molecule has 0 aromatic carbocycles. The zero-order valence-electron chi connectivity index (χ0n) is 11.1. The average Bonchev–Trinajstić information content (AvgIpc) is 2.77. The van der Waals surface area contributed by atoms with Crippen molar-refractivity contribution in [3.8, 4) is 0 Å². The highest BCUT2D eigenvalue weighted by Crippen LogP contribution is 2.43. The predicted octanol–water partition coefficient (Wildman–Crippen LogP) is 1.29. The molecule has 5 nitrogen and oxygen atoms in total. The van der Waals surface area contributed by atoms with E-state index in [-0.39, 0.29) is 5.97 Å². The number of rotatable bonds is 2. The lowest BCUT2D eigenvalue weighted by atomic mass is 9.98. The normalized spacial score (nSPS) is 26.2. The van der Waals surface area contributed by atoms with E-state index >= 15 is 0 Å². The maximum absolute atomic E-state index is 12.0. The summed E-state index contributed by atoms with van der Waals surface area (Å²) in [7, 11) is 4.07. The fraction of sp³-hybridized carbons (Fsp3) is 0.692. The van der Waals surface area contributed by atoms with Gasteiger partial charge in [-0.2, -0.15) is 5.10 Å². The van der Waals surface area contributed by atoms with Crippen LogP contribution in [0.2, 0.25) is 0 Å². The molecule has 1 saturated heterocycles. The Labute approximate surface area is 107 Å². The summed E-state index contributed by atoms with van der Waals surface area (Å²) in [6, 6.07) is 0.944. The number of esters is 1. The summed E-state index contributed by atoms with van der Waals surface area (Å²) in [5.41, 5.74) is 2.84. The summed E-state index contributed by atoms with van der Waals surface area (Å²) in [5, 5.41) is 4.38. The molecule has 1 aromatic heterocycles. The van der Waals surface area contributed by atoms with Crippen molar-refractivity contribution in [2.45, 2.75) is 38.3 Å². The quantitative estimate of drug-likeness (QED) is 0.741. The van der Waals surface area contributed by atoms with Gasteiger partial charge in [-0.3, -0.25) is 9.58 Å². The van der Waals surface area contributed by atoms with Crippen LogP contribution in [0.15, 0.2) is 0 Å². The third kappa shape index (κ3) is 1.50. The number of carbonyl (C=O) groups excluding carboxylic acids is 1.